The topological polar surface area (TPSA) is 67.4 Å². The quantitative estimate of drug-likeness (QED) is 0.904. The summed E-state index contributed by atoms with van der Waals surface area (Å²) in [5.41, 5.74) is 1.09. The van der Waals surface area contributed by atoms with Crippen molar-refractivity contribution in [2.75, 3.05) is 10.6 Å². The van der Waals surface area contributed by atoms with Crippen LogP contribution < -0.4 is 15.4 Å². The number of nitrogens with one attached hydrogen (secondary N) is 2. The van der Waals surface area contributed by atoms with E-state index in [1.165, 1.54) is 13.8 Å². The maximum Gasteiger partial charge on any atom is 0.221 e. The summed E-state index contributed by atoms with van der Waals surface area (Å²) in [6, 6.07) is 14.3. The molecule has 0 fully saturated rings. The highest BCUT2D eigenvalue weighted by Crippen LogP contribution is 2.32. The van der Waals surface area contributed by atoms with Crippen molar-refractivity contribution in [3.05, 3.63) is 48.5 Å². The van der Waals surface area contributed by atoms with Crippen molar-refractivity contribution in [2.24, 2.45) is 0 Å². The van der Waals surface area contributed by atoms with Crippen molar-refractivity contribution in [3.63, 3.8) is 0 Å². The minimum Gasteiger partial charge on any atom is -0.455 e. The molecule has 5 heteroatoms. The van der Waals surface area contributed by atoms with Gasteiger partial charge in [-0.05, 0) is 30.3 Å². The first kappa shape index (κ1) is 14.6. The summed E-state index contributed by atoms with van der Waals surface area (Å²) < 4.78 is 5.74. The number of hydrogen-bond acceptors (Lipinski definition) is 3. The number of carbonyl (C=O) groups is 2. The van der Waals surface area contributed by atoms with Crippen LogP contribution >= 0.6 is 0 Å². The van der Waals surface area contributed by atoms with Crippen LogP contribution in [-0.4, -0.2) is 11.8 Å². The zero-order valence-corrected chi connectivity index (χ0v) is 11.8. The van der Waals surface area contributed by atoms with Crippen LogP contribution in [0.5, 0.6) is 11.5 Å². The van der Waals surface area contributed by atoms with E-state index in [0.29, 0.717) is 22.9 Å². The Hall–Kier alpha value is -2.82. The van der Waals surface area contributed by atoms with Gasteiger partial charge in [0.1, 0.15) is 5.75 Å². The third-order valence-corrected chi connectivity index (χ3v) is 2.58. The number of benzene rings is 2. The van der Waals surface area contributed by atoms with Crippen LogP contribution in [0, 0.1) is 0 Å². The number of carbonyl (C=O) groups excluding carboxylic acids is 2. The summed E-state index contributed by atoms with van der Waals surface area (Å²) in [6.45, 7) is 2.84. The second kappa shape index (κ2) is 6.56. The Bertz CT molecular complexity index is 654. The van der Waals surface area contributed by atoms with Crippen molar-refractivity contribution in [3.8, 4) is 11.5 Å². The van der Waals surface area contributed by atoms with E-state index in [1.807, 2.05) is 30.3 Å². The van der Waals surface area contributed by atoms with Crippen molar-refractivity contribution in [1.29, 1.82) is 0 Å². The Balaban J connectivity index is 2.30. The zero-order valence-electron chi connectivity index (χ0n) is 11.8. The maximum atomic E-state index is 11.3. The average Bonchev–Trinajstić information content (AvgIpc) is 2.41. The van der Waals surface area contributed by atoms with E-state index in [2.05, 4.69) is 10.6 Å². The second-order valence-corrected chi connectivity index (χ2v) is 4.49. The number of anilines is 2. The van der Waals surface area contributed by atoms with Crippen molar-refractivity contribution in [2.45, 2.75) is 13.8 Å². The molecule has 0 aromatic heterocycles. The molecule has 21 heavy (non-hydrogen) atoms. The van der Waals surface area contributed by atoms with Gasteiger partial charge >= 0.3 is 0 Å². The van der Waals surface area contributed by atoms with E-state index in [1.54, 1.807) is 18.2 Å². The normalized spacial score (nSPS) is 9.81. The Kier molecular flexibility index (Phi) is 4.56. The lowest BCUT2D eigenvalue weighted by atomic mass is 10.2. The zero-order chi connectivity index (χ0) is 15.2. The van der Waals surface area contributed by atoms with E-state index < -0.39 is 0 Å². The van der Waals surface area contributed by atoms with Gasteiger partial charge in [0, 0.05) is 19.5 Å². The second-order valence-electron chi connectivity index (χ2n) is 4.49. The molecule has 0 atom stereocenters. The molecule has 0 aliphatic heterocycles. The molecule has 0 spiro atoms. The van der Waals surface area contributed by atoms with Gasteiger partial charge in [-0.15, -0.1) is 0 Å². The molecule has 0 aliphatic rings. The molecule has 0 bridgehead atoms. The number of ether oxygens (including phenoxy) is 1. The smallest absolute Gasteiger partial charge is 0.221 e. The van der Waals surface area contributed by atoms with E-state index >= 15 is 0 Å². The number of hydrogen-bond donors (Lipinski definition) is 2. The fourth-order valence-electron chi connectivity index (χ4n) is 1.80. The van der Waals surface area contributed by atoms with Gasteiger partial charge < -0.3 is 15.4 Å². The number of amides is 2. The molecule has 0 unspecified atom stereocenters. The molecular weight excluding hydrogens is 268 g/mol. The Morgan fingerprint density at radius 2 is 1.57 bits per heavy atom. The van der Waals surface area contributed by atoms with E-state index in [-0.39, 0.29) is 11.8 Å². The minimum atomic E-state index is -0.215. The van der Waals surface area contributed by atoms with Gasteiger partial charge in [-0.2, -0.15) is 0 Å². The van der Waals surface area contributed by atoms with E-state index in [0.717, 1.165) is 0 Å². The van der Waals surface area contributed by atoms with Crippen molar-refractivity contribution in [1.82, 2.24) is 0 Å². The Morgan fingerprint density at radius 1 is 0.905 bits per heavy atom. The Morgan fingerprint density at radius 3 is 2.19 bits per heavy atom. The van der Waals surface area contributed by atoms with Crippen LogP contribution in [0.1, 0.15) is 13.8 Å². The molecule has 0 heterocycles. The molecule has 108 valence electrons. The van der Waals surface area contributed by atoms with Gasteiger partial charge in [0.25, 0.3) is 0 Å². The first-order valence-electron chi connectivity index (χ1n) is 6.47. The van der Waals surface area contributed by atoms with E-state index in [4.69, 9.17) is 4.74 Å². The highest BCUT2D eigenvalue weighted by molar-refractivity contribution is 5.93. The third-order valence-electron chi connectivity index (χ3n) is 2.58. The molecule has 2 aromatic carbocycles. The predicted molar refractivity (Wildman–Crippen MR) is 81.6 cm³/mol. The molecular formula is C16H16N2O3. The third kappa shape index (κ3) is 4.35. The van der Waals surface area contributed by atoms with Crippen LogP contribution in [-0.2, 0) is 9.59 Å². The number of rotatable bonds is 4. The molecule has 2 N–H and O–H groups in total. The highest BCUT2D eigenvalue weighted by Gasteiger charge is 2.08. The van der Waals surface area contributed by atoms with Gasteiger partial charge in [0.15, 0.2) is 5.75 Å². The van der Waals surface area contributed by atoms with Crippen molar-refractivity contribution >= 4 is 23.2 Å². The number of para-hydroxylation sites is 1. The van der Waals surface area contributed by atoms with Gasteiger partial charge in [-0.25, -0.2) is 0 Å². The lowest BCUT2D eigenvalue weighted by Crippen LogP contribution is -2.09. The molecule has 2 amide bonds. The van der Waals surface area contributed by atoms with Crippen LogP contribution in [0.4, 0.5) is 11.4 Å². The van der Waals surface area contributed by atoms with Crippen molar-refractivity contribution < 1.29 is 14.3 Å². The SMILES string of the molecule is CC(=O)Nc1ccc(Oc2ccccc2)c(NC(C)=O)c1. The Labute approximate surface area is 122 Å². The molecule has 0 saturated heterocycles. The molecule has 5 nitrogen and oxygen atoms in total. The van der Waals surface area contributed by atoms with Gasteiger partial charge in [-0.3, -0.25) is 9.59 Å². The fourth-order valence-corrected chi connectivity index (χ4v) is 1.80. The molecule has 2 rings (SSSR count). The van der Waals surface area contributed by atoms with E-state index in [9.17, 15) is 9.59 Å². The van der Waals surface area contributed by atoms with Gasteiger partial charge in [-0.1, -0.05) is 18.2 Å². The molecule has 0 radical (unpaired) electrons. The molecule has 0 saturated carbocycles. The summed E-state index contributed by atoms with van der Waals surface area (Å²) in [7, 11) is 0. The van der Waals surface area contributed by atoms with Crippen LogP contribution in [0.25, 0.3) is 0 Å². The summed E-state index contributed by atoms with van der Waals surface area (Å²) in [4.78, 5) is 22.4. The molecule has 2 aromatic rings. The van der Waals surface area contributed by atoms with Crippen LogP contribution in [0.3, 0.4) is 0 Å². The monoisotopic (exact) mass is 284 g/mol. The maximum absolute atomic E-state index is 11.3. The lowest BCUT2D eigenvalue weighted by molar-refractivity contribution is -0.115. The lowest BCUT2D eigenvalue weighted by Gasteiger charge is -2.13. The van der Waals surface area contributed by atoms with Gasteiger partial charge in [0.2, 0.25) is 11.8 Å². The fraction of sp³-hybridized carbons (Fsp3) is 0.125. The molecule has 0 aliphatic carbocycles. The summed E-state index contributed by atoms with van der Waals surface area (Å²) in [5, 5.41) is 5.36. The minimum absolute atomic E-state index is 0.180. The summed E-state index contributed by atoms with van der Waals surface area (Å²) in [5.74, 6) is 0.773. The largest absolute Gasteiger partial charge is 0.455 e. The summed E-state index contributed by atoms with van der Waals surface area (Å²) >= 11 is 0. The first-order valence-corrected chi connectivity index (χ1v) is 6.47. The van der Waals surface area contributed by atoms with Crippen LogP contribution in [0.2, 0.25) is 0 Å². The first-order chi connectivity index (χ1) is 10.0. The highest BCUT2D eigenvalue weighted by atomic mass is 16.5. The summed E-state index contributed by atoms with van der Waals surface area (Å²) in [6.07, 6.45) is 0. The predicted octanol–water partition coefficient (Wildman–Crippen LogP) is 3.40. The van der Waals surface area contributed by atoms with Crippen LogP contribution in [0.15, 0.2) is 48.5 Å². The average molecular weight is 284 g/mol. The van der Waals surface area contributed by atoms with Gasteiger partial charge in [0.05, 0.1) is 5.69 Å². The standard InChI is InChI=1S/C16H16N2O3/c1-11(19)17-13-8-9-16(15(10-13)18-12(2)20)21-14-6-4-3-5-7-14/h3-10H,1-2H3,(H,17,19)(H,18,20).